The van der Waals surface area contributed by atoms with Gasteiger partial charge in [-0.15, -0.1) is 0 Å². The molecule has 0 saturated carbocycles. The third kappa shape index (κ3) is 3.31. The molecule has 2 aromatic heterocycles. The Labute approximate surface area is 141 Å². The minimum atomic E-state index is -0.238. The van der Waals surface area contributed by atoms with Crippen LogP contribution < -0.4 is 0 Å². The lowest BCUT2D eigenvalue weighted by atomic mass is 9.86. The van der Waals surface area contributed by atoms with Gasteiger partial charge in [0.15, 0.2) is 5.82 Å². The van der Waals surface area contributed by atoms with Crippen LogP contribution in [0.4, 0.5) is 0 Å². The lowest BCUT2D eigenvalue weighted by Crippen LogP contribution is -2.33. The van der Waals surface area contributed by atoms with E-state index < -0.39 is 0 Å². The number of rotatable bonds is 5. The number of likely N-dealkylation sites (N-methyl/N-ethyl adjacent to an activating group) is 1. The van der Waals surface area contributed by atoms with E-state index in [1.54, 1.807) is 25.3 Å². The van der Waals surface area contributed by atoms with E-state index in [-0.39, 0.29) is 24.5 Å². The zero-order valence-electron chi connectivity index (χ0n) is 14.2. The molecule has 2 atom stereocenters. The molecule has 7 heteroatoms. The first-order valence-corrected chi connectivity index (χ1v) is 8.14. The molecule has 0 radical (unpaired) electrons. The number of carbonyl (C=O) groups excluding carboxylic acids is 1. The van der Waals surface area contributed by atoms with E-state index in [9.17, 15) is 4.79 Å². The monoisotopic (exact) mass is 330 g/mol. The van der Waals surface area contributed by atoms with Gasteiger partial charge >= 0.3 is 0 Å². The average molecular weight is 330 g/mol. The van der Waals surface area contributed by atoms with Gasteiger partial charge in [-0.1, -0.05) is 11.2 Å². The first-order chi connectivity index (χ1) is 11.6. The number of hydrogen-bond donors (Lipinski definition) is 0. The molecule has 1 aliphatic carbocycles. The molecular formula is C17H22N4O3. The van der Waals surface area contributed by atoms with Crippen LogP contribution in [0.1, 0.15) is 54.8 Å². The molecule has 1 amide bonds. The Kier molecular flexibility index (Phi) is 4.89. The van der Waals surface area contributed by atoms with Crippen molar-refractivity contribution in [1.82, 2.24) is 20.0 Å². The van der Waals surface area contributed by atoms with Crippen molar-refractivity contribution in [3.63, 3.8) is 0 Å². The molecule has 0 spiro atoms. The van der Waals surface area contributed by atoms with E-state index in [2.05, 4.69) is 21.2 Å². The minimum absolute atomic E-state index is 0.0363. The van der Waals surface area contributed by atoms with E-state index >= 15 is 0 Å². The summed E-state index contributed by atoms with van der Waals surface area (Å²) < 4.78 is 10.4. The van der Waals surface area contributed by atoms with Gasteiger partial charge in [0.25, 0.3) is 0 Å². The minimum Gasteiger partial charge on any atom is -0.374 e. The highest BCUT2D eigenvalue weighted by atomic mass is 16.5. The quantitative estimate of drug-likeness (QED) is 0.836. The van der Waals surface area contributed by atoms with E-state index in [4.69, 9.17) is 9.26 Å². The number of methoxy groups -OCH3 is 1. The zero-order chi connectivity index (χ0) is 17.1. The Hall–Kier alpha value is -2.28. The molecule has 0 bridgehead atoms. The van der Waals surface area contributed by atoms with Gasteiger partial charge in [-0.2, -0.15) is 4.98 Å². The molecular weight excluding hydrogens is 308 g/mol. The second kappa shape index (κ2) is 7.09. The van der Waals surface area contributed by atoms with Crippen molar-refractivity contribution in [2.75, 3.05) is 14.2 Å². The Morgan fingerprint density at radius 3 is 3.17 bits per heavy atom. The Bertz CT molecular complexity index is 715. The number of aromatic nitrogens is 3. The summed E-state index contributed by atoms with van der Waals surface area (Å²) in [5, 5.41) is 3.89. The third-order valence-corrected chi connectivity index (χ3v) is 4.44. The van der Waals surface area contributed by atoms with Crippen molar-refractivity contribution >= 4 is 5.91 Å². The number of amides is 1. The van der Waals surface area contributed by atoms with Crippen LogP contribution in [-0.4, -0.2) is 40.1 Å². The summed E-state index contributed by atoms with van der Waals surface area (Å²) in [5.41, 5.74) is 2.07. The van der Waals surface area contributed by atoms with Crippen molar-refractivity contribution in [1.29, 1.82) is 0 Å². The molecule has 0 fully saturated rings. The maximum atomic E-state index is 12.8. The molecule has 0 aromatic carbocycles. The van der Waals surface area contributed by atoms with Crippen molar-refractivity contribution in [3.8, 4) is 0 Å². The summed E-state index contributed by atoms with van der Waals surface area (Å²) in [6.45, 7) is 2.12. The summed E-state index contributed by atoms with van der Waals surface area (Å²) in [6.07, 6.45) is 4.32. The fraction of sp³-hybridized carbons (Fsp3) is 0.529. The van der Waals surface area contributed by atoms with Gasteiger partial charge in [-0.3, -0.25) is 9.78 Å². The van der Waals surface area contributed by atoms with Crippen LogP contribution in [0.15, 0.2) is 22.9 Å². The van der Waals surface area contributed by atoms with Crippen LogP contribution in [0.25, 0.3) is 0 Å². The predicted octanol–water partition coefficient (Wildman–Crippen LogP) is 2.25. The molecule has 1 aliphatic rings. The standard InChI is InChI=1S/C17H22N4O3/c1-11(23-3)16-19-14(24-20-16)10-21(2)17(22)13-8-4-6-12-7-5-9-18-15(12)13/h5,7,9,11,13H,4,6,8,10H2,1-3H3/t11-,13-/m0/s1. The smallest absolute Gasteiger partial charge is 0.246 e. The number of fused-ring (bicyclic) bond motifs is 1. The summed E-state index contributed by atoms with van der Waals surface area (Å²) in [4.78, 5) is 23.2. The van der Waals surface area contributed by atoms with Gasteiger partial charge in [-0.05, 0) is 37.8 Å². The molecule has 24 heavy (non-hydrogen) atoms. The van der Waals surface area contributed by atoms with E-state index in [0.717, 1.165) is 25.0 Å². The van der Waals surface area contributed by atoms with Crippen molar-refractivity contribution in [2.45, 2.75) is 44.8 Å². The first kappa shape index (κ1) is 16.6. The number of nitrogens with zero attached hydrogens (tertiary/aromatic N) is 4. The van der Waals surface area contributed by atoms with Gasteiger partial charge in [-0.25, -0.2) is 0 Å². The van der Waals surface area contributed by atoms with Crippen LogP contribution in [0.3, 0.4) is 0 Å². The molecule has 2 aromatic rings. The highest BCUT2D eigenvalue weighted by Crippen LogP contribution is 2.31. The Morgan fingerprint density at radius 1 is 1.54 bits per heavy atom. The molecule has 128 valence electrons. The largest absolute Gasteiger partial charge is 0.374 e. The van der Waals surface area contributed by atoms with Crippen LogP contribution in [0.2, 0.25) is 0 Å². The van der Waals surface area contributed by atoms with Gasteiger partial charge < -0.3 is 14.2 Å². The number of aryl methyl sites for hydroxylation is 1. The fourth-order valence-electron chi connectivity index (χ4n) is 3.00. The SMILES string of the molecule is CO[C@@H](C)c1noc(CN(C)C(=O)[C@H]2CCCc3cccnc32)n1. The van der Waals surface area contributed by atoms with Crippen LogP contribution >= 0.6 is 0 Å². The maximum absolute atomic E-state index is 12.8. The predicted molar refractivity (Wildman–Crippen MR) is 86.1 cm³/mol. The summed E-state index contributed by atoms with van der Waals surface area (Å²) in [5.74, 6) is 0.731. The normalized spacial score (nSPS) is 18.0. The maximum Gasteiger partial charge on any atom is 0.246 e. The molecule has 0 N–H and O–H groups in total. The average Bonchev–Trinajstić information content (AvgIpc) is 3.08. The Morgan fingerprint density at radius 2 is 2.38 bits per heavy atom. The molecule has 0 saturated heterocycles. The second-order valence-electron chi connectivity index (χ2n) is 6.11. The molecule has 0 aliphatic heterocycles. The van der Waals surface area contributed by atoms with E-state index in [1.165, 1.54) is 5.56 Å². The van der Waals surface area contributed by atoms with Gasteiger partial charge in [0.2, 0.25) is 11.8 Å². The lowest BCUT2D eigenvalue weighted by molar-refractivity contribution is -0.132. The van der Waals surface area contributed by atoms with Crippen LogP contribution in [-0.2, 0) is 22.5 Å². The summed E-state index contributed by atoms with van der Waals surface area (Å²) in [6, 6.07) is 3.98. The zero-order valence-corrected chi connectivity index (χ0v) is 14.2. The molecule has 0 unspecified atom stereocenters. The molecule has 3 rings (SSSR count). The number of carbonyl (C=O) groups is 1. The number of ether oxygens (including phenoxy) is 1. The summed E-state index contributed by atoms with van der Waals surface area (Å²) >= 11 is 0. The number of hydrogen-bond acceptors (Lipinski definition) is 6. The van der Waals surface area contributed by atoms with Gasteiger partial charge in [0, 0.05) is 20.4 Å². The Balaban J connectivity index is 1.70. The van der Waals surface area contributed by atoms with Crippen molar-refractivity contribution < 1.29 is 14.1 Å². The fourth-order valence-corrected chi connectivity index (χ4v) is 3.00. The topological polar surface area (TPSA) is 81.4 Å². The highest BCUT2D eigenvalue weighted by molar-refractivity contribution is 5.83. The van der Waals surface area contributed by atoms with Gasteiger partial charge in [0.05, 0.1) is 18.2 Å². The van der Waals surface area contributed by atoms with Crippen LogP contribution in [0, 0.1) is 0 Å². The van der Waals surface area contributed by atoms with Gasteiger partial charge in [0.1, 0.15) is 6.10 Å². The van der Waals surface area contributed by atoms with Crippen LogP contribution in [0.5, 0.6) is 0 Å². The van der Waals surface area contributed by atoms with E-state index in [1.807, 2.05) is 13.0 Å². The lowest BCUT2D eigenvalue weighted by Gasteiger charge is -2.27. The molecule has 7 nitrogen and oxygen atoms in total. The van der Waals surface area contributed by atoms with Crippen molar-refractivity contribution in [3.05, 3.63) is 41.3 Å². The van der Waals surface area contributed by atoms with E-state index in [0.29, 0.717) is 11.7 Å². The highest BCUT2D eigenvalue weighted by Gasteiger charge is 2.30. The second-order valence-corrected chi connectivity index (χ2v) is 6.11. The summed E-state index contributed by atoms with van der Waals surface area (Å²) in [7, 11) is 3.34. The molecule has 2 heterocycles. The van der Waals surface area contributed by atoms with Crippen molar-refractivity contribution in [2.24, 2.45) is 0 Å². The number of pyridine rings is 1. The third-order valence-electron chi connectivity index (χ3n) is 4.44. The first-order valence-electron chi connectivity index (χ1n) is 8.14.